The third kappa shape index (κ3) is 5.32. The van der Waals surface area contributed by atoms with Crippen molar-refractivity contribution >= 4 is 20.1 Å². The molecule has 0 aliphatic heterocycles. The number of rotatable bonds is 5. The molecule has 0 N–H and O–H groups in total. The molecule has 0 unspecified atom stereocenters. The van der Waals surface area contributed by atoms with E-state index in [0.717, 1.165) is 11.6 Å². The molecule has 0 aliphatic carbocycles. The minimum atomic E-state index is -1.15. The fourth-order valence-corrected chi connectivity index (χ4v) is 3.24. The highest BCUT2D eigenvalue weighted by atomic mass is 28.3. The smallest absolute Gasteiger partial charge is 0.330 e. The predicted molar refractivity (Wildman–Crippen MR) is 79.2 cm³/mol. The number of carbonyl (C=O) groups is 1. The molecule has 0 spiro atoms. The van der Waals surface area contributed by atoms with Gasteiger partial charge in [-0.1, -0.05) is 43.9 Å². The Labute approximate surface area is 111 Å². The molecule has 0 atom stereocenters. The molecule has 1 aromatic rings. The van der Waals surface area contributed by atoms with Crippen molar-refractivity contribution in [3.05, 3.63) is 41.5 Å². The summed E-state index contributed by atoms with van der Waals surface area (Å²) in [6.07, 6.45) is 3.36. The summed E-state index contributed by atoms with van der Waals surface area (Å²) in [5, 5.41) is 0. The Morgan fingerprint density at radius 1 is 1.28 bits per heavy atom. The van der Waals surface area contributed by atoms with Crippen LogP contribution in [0.15, 0.2) is 30.3 Å². The largest absolute Gasteiger partial charge is 0.463 e. The van der Waals surface area contributed by atoms with Gasteiger partial charge in [0.1, 0.15) is 0 Å². The van der Waals surface area contributed by atoms with Crippen LogP contribution >= 0.6 is 0 Å². The first-order chi connectivity index (χ1) is 8.42. The van der Waals surface area contributed by atoms with Crippen molar-refractivity contribution in [1.29, 1.82) is 0 Å². The van der Waals surface area contributed by atoms with E-state index in [4.69, 9.17) is 4.74 Å². The van der Waals surface area contributed by atoms with Crippen LogP contribution in [-0.2, 0) is 15.6 Å². The molecule has 1 aromatic carbocycles. The van der Waals surface area contributed by atoms with E-state index in [1.54, 1.807) is 0 Å². The average Bonchev–Trinajstić information content (AvgIpc) is 2.26. The second kappa shape index (κ2) is 6.54. The highest BCUT2D eigenvalue weighted by Gasteiger charge is 2.15. The van der Waals surface area contributed by atoms with Crippen molar-refractivity contribution in [2.45, 2.75) is 32.6 Å². The van der Waals surface area contributed by atoms with E-state index in [0.29, 0.717) is 6.61 Å². The highest BCUT2D eigenvalue weighted by Crippen LogP contribution is 2.17. The van der Waals surface area contributed by atoms with E-state index in [-0.39, 0.29) is 5.97 Å². The van der Waals surface area contributed by atoms with Gasteiger partial charge in [-0.25, -0.2) is 4.79 Å². The van der Waals surface area contributed by atoms with Gasteiger partial charge in [0, 0.05) is 14.1 Å². The molecule has 98 valence electrons. The fraction of sp³-hybridized carbons (Fsp3) is 0.400. The molecule has 0 bridgehead atoms. The van der Waals surface area contributed by atoms with Crippen LogP contribution < -0.4 is 0 Å². The minimum absolute atomic E-state index is 0.277. The van der Waals surface area contributed by atoms with Crippen LogP contribution in [0.25, 0.3) is 6.08 Å². The van der Waals surface area contributed by atoms with Crippen LogP contribution in [0.1, 0.15) is 18.1 Å². The van der Waals surface area contributed by atoms with Crippen molar-refractivity contribution in [2.24, 2.45) is 0 Å². The molecule has 0 amide bonds. The van der Waals surface area contributed by atoms with Gasteiger partial charge in [0.15, 0.2) is 0 Å². The number of ether oxygens (including phenoxy) is 1. The summed E-state index contributed by atoms with van der Waals surface area (Å²) < 4.78 is 4.89. The molecule has 3 heteroatoms. The van der Waals surface area contributed by atoms with Crippen molar-refractivity contribution < 1.29 is 9.53 Å². The van der Waals surface area contributed by atoms with Gasteiger partial charge in [-0.15, -0.1) is 0 Å². The van der Waals surface area contributed by atoms with Gasteiger partial charge in [-0.05, 0) is 30.2 Å². The van der Waals surface area contributed by atoms with Crippen LogP contribution in [0.2, 0.25) is 19.6 Å². The maximum absolute atomic E-state index is 11.3. The van der Waals surface area contributed by atoms with E-state index >= 15 is 0 Å². The first kappa shape index (κ1) is 14.7. The highest BCUT2D eigenvalue weighted by molar-refractivity contribution is 6.75. The summed E-state index contributed by atoms with van der Waals surface area (Å²) in [6, 6.07) is 9.36. The summed E-state index contributed by atoms with van der Waals surface area (Å²) >= 11 is 0. The Kier molecular flexibility index (Phi) is 5.35. The summed E-state index contributed by atoms with van der Waals surface area (Å²) in [5.41, 5.74) is 2.44. The lowest BCUT2D eigenvalue weighted by molar-refractivity contribution is -0.137. The van der Waals surface area contributed by atoms with Crippen LogP contribution in [0.5, 0.6) is 0 Å². The molecular formula is C15H22O2Si. The van der Waals surface area contributed by atoms with Gasteiger partial charge in [0.25, 0.3) is 0 Å². The quantitative estimate of drug-likeness (QED) is 0.459. The number of hydrogen-bond acceptors (Lipinski definition) is 2. The lowest BCUT2D eigenvalue weighted by Gasteiger charge is -2.17. The van der Waals surface area contributed by atoms with Gasteiger partial charge in [-0.3, -0.25) is 0 Å². The number of esters is 1. The van der Waals surface area contributed by atoms with E-state index in [9.17, 15) is 4.79 Å². The zero-order valence-electron chi connectivity index (χ0n) is 11.7. The summed E-state index contributed by atoms with van der Waals surface area (Å²) in [6.45, 7) is 9.27. The molecule has 2 nitrogen and oxygen atoms in total. The van der Waals surface area contributed by atoms with Crippen molar-refractivity contribution in [1.82, 2.24) is 0 Å². The maximum atomic E-state index is 11.3. The summed E-state index contributed by atoms with van der Waals surface area (Å²) in [7, 11) is -1.15. The second-order valence-electron chi connectivity index (χ2n) is 5.52. The van der Waals surface area contributed by atoms with Gasteiger partial charge in [-0.2, -0.15) is 0 Å². The average molecular weight is 262 g/mol. The number of carbonyl (C=O) groups excluding carboxylic acids is 1. The molecule has 0 saturated carbocycles. The topological polar surface area (TPSA) is 26.3 Å². The first-order valence-electron chi connectivity index (χ1n) is 6.35. The first-order valence-corrected chi connectivity index (χ1v) is 10.1. The molecule has 18 heavy (non-hydrogen) atoms. The third-order valence-electron chi connectivity index (χ3n) is 2.46. The van der Waals surface area contributed by atoms with Crippen LogP contribution in [0, 0.1) is 0 Å². The fourth-order valence-electron chi connectivity index (χ4n) is 1.78. The molecule has 0 radical (unpaired) electrons. The van der Waals surface area contributed by atoms with Gasteiger partial charge >= 0.3 is 5.97 Å². The Morgan fingerprint density at radius 2 is 1.94 bits per heavy atom. The van der Waals surface area contributed by atoms with Crippen LogP contribution in [0.3, 0.4) is 0 Å². The number of benzene rings is 1. The van der Waals surface area contributed by atoms with Crippen LogP contribution in [0.4, 0.5) is 0 Å². The molecule has 0 aromatic heterocycles. The zero-order chi connectivity index (χ0) is 13.6. The van der Waals surface area contributed by atoms with Gasteiger partial charge < -0.3 is 4.74 Å². The second-order valence-corrected chi connectivity index (χ2v) is 11.0. The zero-order valence-corrected chi connectivity index (χ0v) is 12.7. The van der Waals surface area contributed by atoms with Gasteiger partial charge in [0.2, 0.25) is 0 Å². The Hall–Kier alpha value is -1.35. The Morgan fingerprint density at radius 3 is 2.56 bits per heavy atom. The lowest BCUT2D eigenvalue weighted by Crippen LogP contribution is -2.24. The molecule has 0 saturated heterocycles. The number of hydrogen-bond donors (Lipinski definition) is 0. The standard InChI is InChI=1S/C15H22O2Si/c1-5-17-15(16)11-10-13-8-6-7-9-14(13)12-18(2,3)4/h6-11H,5,12H2,1-4H3/b11-10+. The lowest BCUT2D eigenvalue weighted by atomic mass is 10.1. The molecule has 1 rings (SSSR count). The van der Waals surface area contributed by atoms with Gasteiger partial charge in [0.05, 0.1) is 6.61 Å². The van der Waals surface area contributed by atoms with Crippen molar-refractivity contribution in [3.63, 3.8) is 0 Å². The Balaban J connectivity index is 2.86. The third-order valence-corrected chi connectivity index (χ3v) is 3.90. The minimum Gasteiger partial charge on any atom is -0.463 e. The summed E-state index contributed by atoms with van der Waals surface area (Å²) in [5.74, 6) is -0.277. The maximum Gasteiger partial charge on any atom is 0.330 e. The van der Waals surface area contributed by atoms with Crippen molar-refractivity contribution in [3.8, 4) is 0 Å². The van der Waals surface area contributed by atoms with E-state index in [1.807, 2.05) is 25.1 Å². The molecule has 0 aliphatic rings. The van der Waals surface area contributed by atoms with E-state index in [1.165, 1.54) is 11.6 Å². The van der Waals surface area contributed by atoms with Crippen molar-refractivity contribution in [2.75, 3.05) is 6.61 Å². The monoisotopic (exact) mass is 262 g/mol. The molecule has 0 heterocycles. The molecule has 0 fully saturated rings. The van der Waals surface area contributed by atoms with E-state index < -0.39 is 8.07 Å². The Bertz CT molecular complexity index is 430. The molecular weight excluding hydrogens is 240 g/mol. The SMILES string of the molecule is CCOC(=O)/C=C/c1ccccc1C[Si](C)(C)C. The van der Waals surface area contributed by atoms with Crippen LogP contribution in [-0.4, -0.2) is 20.7 Å². The predicted octanol–water partition coefficient (Wildman–Crippen LogP) is 3.68. The summed E-state index contributed by atoms with van der Waals surface area (Å²) in [4.78, 5) is 11.3. The van der Waals surface area contributed by atoms with E-state index in [2.05, 4.69) is 31.8 Å². The normalized spacial score (nSPS) is 11.8.